The summed E-state index contributed by atoms with van der Waals surface area (Å²) in [6.45, 7) is 4.03. The summed E-state index contributed by atoms with van der Waals surface area (Å²) >= 11 is 0. The molecule has 1 saturated heterocycles. The van der Waals surface area contributed by atoms with Gasteiger partial charge in [0.1, 0.15) is 5.69 Å². The van der Waals surface area contributed by atoms with Crippen LogP contribution in [0, 0.1) is 12.3 Å². The van der Waals surface area contributed by atoms with E-state index in [1.165, 1.54) is 38.3 Å². The normalized spacial score (nSPS) is 19.3. The van der Waals surface area contributed by atoms with Gasteiger partial charge in [-0.05, 0) is 37.7 Å². The standard InChI is InChI=1S/C17H21N5O2/c1-11-14(22-7-6-17(10-22)4-2-3-5-17)8-13(21-20-11)12-9-18-16(24)19-15(12)23/h8-9H,2-7,10H2,1H3,(H2,18,19,23,24). The van der Waals surface area contributed by atoms with Crippen molar-refractivity contribution in [1.82, 2.24) is 20.2 Å². The molecule has 7 heteroatoms. The molecule has 4 rings (SSSR count). The number of nitrogens with zero attached hydrogens (tertiary/aromatic N) is 3. The Hall–Kier alpha value is -2.44. The van der Waals surface area contributed by atoms with E-state index >= 15 is 0 Å². The van der Waals surface area contributed by atoms with Gasteiger partial charge in [-0.2, -0.15) is 5.10 Å². The molecule has 2 aromatic heterocycles. The molecular weight excluding hydrogens is 306 g/mol. The minimum atomic E-state index is -0.522. The van der Waals surface area contributed by atoms with Crippen LogP contribution >= 0.6 is 0 Å². The van der Waals surface area contributed by atoms with E-state index in [2.05, 4.69) is 25.1 Å². The van der Waals surface area contributed by atoms with Crippen molar-refractivity contribution >= 4 is 5.69 Å². The van der Waals surface area contributed by atoms with Gasteiger partial charge in [0, 0.05) is 19.3 Å². The highest BCUT2D eigenvalue weighted by atomic mass is 16.2. The van der Waals surface area contributed by atoms with Gasteiger partial charge in [0.05, 0.1) is 16.9 Å². The quantitative estimate of drug-likeness (QED) is 0.873. The fourth-order valence-corrected chi connectivity index (χ4v) is 4.17. The van der Waals surface area contributed by atoms with Crippen molar-refractivity contribution in [3.8, 4) is 11.3 Å². The Labute approximate surface area is 139 Å². The molecule has 0 unspecified atom stereocenters. The largest absolute Gasteiger partial charge is 0.369 e. The molecule has 0 atom stereocenters. The molecule has 2 N–H and O–H groups in total. The molecule has 3 heterocycles. The Balaban J connectivity index is 1.69. The molecule has 2 aliphatic rings. The van der Waals surface area contributed by atoms with Crippen LogP contribution in [0.3, 0.4) is 0 Å². The molecule has 2 aromatic rings. The van der Waals surface area contributed by atoms with Crippen LogP contribution in [-0.4, -0.2) is 33.3 Å². The van der Waals surface area contributed by atoms with Crippen LogP contribution in [0.5, 0.6) is 0 Å². The molecule has 1 spiro atoms. The highest BCUT2D eigenvalue weighted by Gasteiger charge is 2.40. The molecule has 0 aromatic carbocycles. The van der Waals surface area contributed by atoms with Crippen LogP contribution < -0.4 is 16.1 Å². The molecule has 7 nitrogen and oxygen atoms in total. The number of hydrogen-bond donors (Lipinski definition) is 2. The van der Waals surface area contributed by atoms with Crippen LogP contribution in [0.25, 0.3) is 11.3 Å². The smallest absolute Gasteiger partial charge is 0.325 e. The van der Waals surface area contributed by atoms with Gasteiger partial charge in [-0.3, -0.25) is 9.78 Å². The van der Waals surface area contributed by atoms with E-state index in [-0.39, 0.29) is 0 Å². The van der Waals surface area contributed by atoms with E-state index in [1.54, 1.807) is 0 Å². The first-order valence-electron chi connectivity index (χ1n) is 8.48. The zero-order valence-electron chi connectivity index (χ0n) is 13.8. The monoisotopic (exact) mass is 327 g/mol. The van der Waals surface area contributed by atoms with Gasteiger partial charge in [-0.25, -0.2) is 4.79 Å². The lowest BCUT2D eigenvalue weighted by Crippen LogP contribution is -2.26. The van der Waals surface area contributed by atoms with Gasteiger partial charge >= 0.3 is 5.69 Å². The van der Waals surface area contributed by atoms with Crippen molar-refractivity contribution in [3.63, 3.8) is 0 Å². The third-order valence-electron chi connectivity index (χ3n) is 5.49. The summed E-state index contributed by atoms with van der Waals surface area (Å²) in [5.74, 6) is 0. The first-order chi connectivity index (χ1) is 11.6. The van der Waals surface area contributed by atoms with Crippen molar-refractivity contribution in [2.75, 3.05) is 18.0 Å². The Morgan fingerprint density at radius 3 is 2.71 bits per heavy atom. The minimum absolute atomic E-state index is 0.332. The summed E-state index contributed by atoms with van der Waals surface area (Å²) < 4.78 is 0. The number of aryl methyl sites for hydroxylation is 1. The zero-order valence-corrected chi connectivity index (χ0v) is 13.8. The minimum Gasteiger partial charge on any atom is -0.369 e. The van der Waals surface area contributed by atoms with E-state index in [1.807, 2.05) is 13.0 Å². The van der Waals surface area contributed by atoms with Gasteiger partial charge in [-0.1, -0.05) is 12.8 Å². The number of aromatic amines is 2. The van der Waals surface area contributed by atoms with Crippen LogP contribution in [0.2, 0.25) is 0 Å². The summed E-state index contributed by atoms with van der Waals surface area (Å²) in [5.41, 5.74) is 2.22. The predicted octanol–water partition coefficient (Wildman–Crippen LogP) is 1.60. The first-order valence-corrected chi connectivity index (χ1v) is 8.48. The van der Waals surface area contributed by atoms with Crippen molar-refractivity contribution in [2.24, 2.45) is 5.41 Å². The maximum Gasteiger partial charge on any atom is 0.325 e. The van der Waals surface area contributed by atoms with E-state index in [4.69, 9.17) is 0 Å². The van der Waals surface area contributed by atoms with Crippen molar-refractivity contribution in [1.29, 1.82) is 0 Å². The van der Waals surface area contributed by atoms with E-state index < -0.39 is 11.2 Å². The third-order valence-corrected chi connectivity index (χ3v) is 5.49. The number of anilines is 1. The predicted molar refractivity (Wildman–Crippen MR) is 91.2 cm³/mol. The van der Waals surface area contributed by atoms with E-state index in [9.17, 15) is 9.59 Å². The lowest BCUT2D eigenvalue weighted by Gasteiger charge is -2.25. The van der Waals surface area contributed by atoms with Gasteiger partial charge in [0.2, 0.25) is 0 Å². The van der Waals surface area contributed by atoms with Crippen LogP contribution in [-0.2, 0) is 0 Å². The maximum absolute atomic E-state index is 12.0. The second-order valence-corrected chi connectivity index (χ2v) is 7.06. The Bertz CT molecular complexity index is 879. The fourth-order valence-electron chi connectivity index (χ4n) is 4.17. The summed E-state index contributed by atoms with van der Waals surface area (Å²) in [7, 11) is 0. The van der Waals surface area contributed by atoms with Crippen molar-refractivity contribution in [3.05, 3.63) is 38.8 Å². The van der Waals surface area contributed by atoms with Gasteiger partial charge in [-0.15, -0.1) is 5.10 Å². The van der Waals surface area contributed by atoms with Crippen LogP contribution in [0.4, 0.5) is 5.69 Å². The van der Waals surface area contributed by atoms with Crippen LogP contribution in [0.15, 0.2) is 21.9 Å². The number of H-pyrrole nitrogens is 2. The third kappa shape index (κ3) is 2.53. The molecule has 1 aliphatic carbocycles. The molecule has 0 bridgehead atoms. The Morgan fingerprint density at radius 1 is 1.17 bits per heavy atom. The molecule has 126 valence electrons. The Morgan fingerprint density at radius 2 is 1.96 bits per heavy atom. The second-order valence-electron chi connectivity index (χ2n) is 7.06. The molecule has 1 aliphatic heterocycles. The average molecular weight is 327 g/mol. The maximum atomic E-state index is 12.0. The molecule has 24 heavy (non-hydrogen) atoms. The van der Waals surface area contributed by atoms with Gasteiger partial charge < -0.3 is 9.88 Å². The summed E-state index contributed by atoms with van der Waals surface area (Å²) in [4.78, 5) is 30.3. The molecule has 1 saturated carbocycles. The number of aromatic nitrogens is 4. The van der Waals surface area contributed by atoms with Gasteiger partial charge in [0.15, 0.2) is 0 Å². The zero-order chi connectivity index (χ0) is 16.7. The van der Waals surface area contributed by atoms with E-state index in [0.29, 0.717) is 16.7 Å². The van der Waals surface area contributed by atoms with Gasteiger partial charge in [0.25, 0.3) is 5.56 Å². The molecule has 2 fully saturated rings. The number of nitrogens with one attached hydrogen (secondary N) is 2. The van der Waals surface area contributed by atoms with E-state index in [0.717, 1.165) is 24.5 Å². The summed E-state index contributed by atoms with van der Waals surface area (Å²) in [6.07, 6.45) is 7.91. The molecule has 0 radical (unpaired) electrons. The molecule has 0 amide bonds. The SMILES string of the molecule is Cc1nnc(-c2c[nH]c(=O)[nH]c2=O)cc1N1CCC2(CCCC2)C1. The lowest BCUT2D eigenvalue weighted by molar-refractivity contribution is 0.341. The van der Waals surface area contributed by atoms with Crippen molar-refractivity contribution < 1.29 is 0 Å². The summed E-state index contributed by atoms with van der Waals surface area (Å²) in [6, 6.07) is 1.92. The molecular formula is C17H21N5O2. The first kappa shape index (κ1) is 15.1. The highest BCUT2D eigenvalue weighted by molar-refractivity contribution is 5.64. The second kappa shape index (κ2) is 5.58. The summed E-state index contributed by atoms with van der Waals surface area (Å²) in [5, 5.41) is 8.38. The average Bonchev–Trinajstić information content (AvgIpc) is 3.19. The highest BCUT2D eigenvalue weighted by Crippen LogP contribution is 2.46. The lowest BCUT2D eigenvalue weighted by atomic mass is 9.86. The van der Waals surface area contributed by atoms with Crippen LogP contribution in [0.1, 0.15) is 37.8 Å². The number of hydrogen-bond acceptors (Lipinski definition) is 5. The van der Waals surface area contributed by atoms with Crippen molar-refractivity contribution in [2.45, 2.75) is 39.0 Å². The Kier molecular flexibility index (Phi) is 3.51. The fraction of sp³-hybridized carbons (Fsp3) is 0.529. The number of rotatable bonds is 2. The topological polar surface area (TPSA) is 94.7 Å².